The normalized spacial score (nSPS) is 14.1. The van der Waals surface area contributed by atoms with E-state index in [1.807, 2.05) is 0 Å². The minimum Gasteiger partial charge on any atom is -0.478 e. The van der Waals surface area contributed by atoms with Crippen LogP contribution < -0.4 is 0 Å². The highest BCUT2D eigenvalue weighted by Gasteiger charge is 2.30. The number of carbonyl (C=O) groups is 1. The third-order valence-corrected chi connectivity index (χ3v) is 6.54. The van der Waals surface area contributed by atoms with E-state index in [0.29, 0.717) is 24.3 Å². The van der Waals surface area contributed by atoms with Crippen LogP contribution in [0.25, 0.3) is 0 Å². The molecule has 1 aliphatic rings. The zero-order valence-corrected chi connectivity index (χ0v) is 15.2. The number of hydrogen-bond acceptors (Lipinski definition) is 5. The molecule has 7 nitrogen and oxygen atoms in total. The summed E-state index contributed by atoms with van der Waals surface area (Å²) >= 11 is 0. The molecule has 25 heavy (non-hydrogen) atoms. The Morgan fingerprint density at radius 1 is 1.32 bits per heavy atom. The molecule has 0 saturated heterocycles. The van der Waals surface area contributed by atoms with Gasteiger partial charge in [-0.2, -0.15) is 4.31 Å². The van der Waals surface area contributed by atoms with Crippen molar-refractivity contribution in [1.82, 2.24) is 9.46 Å². The molecule has 3 rings (SSSR count). The van der Waals surface area contributed by atoms with Crippen LogP contribution in [-0.4, -0.2) is 36.0 Å². The SMILES string of the molecule is Cc1noc(C)c1CN(C)S(=O)(=O)c1cc(C(=O)O)cc2c1CCC2. The third-order valence-electron chi connectivity index (χ3n) is 4.67. The first-order valence-corrected chi connectivity index (χ1v) is 9.43. The molecule has 0 saturated carbocycles. The van der Waals surface area contributed by atoms with Crippen molar-refractivity contribution in [2.45, 2.75) is 44.6 Å². The number of sulfonamides is 1. The van der Waals surface area contributed by atoms with Gasteiger partial charge in [0.15, 0.2) is 0 Å². The Morgan fingerprint density at radius 3 is 2.64 bits per heavy atom. The second kappa shape index (κ2) is 6.27. The predicted octanol–water partition coefficient (Wildman–Crippen LogP) is 2.30. The summed E-state index contributed by atoms with van der Waals surface area (Å²) in [5, 5.41) is 13.1. The lowest BCUT2D eigenvalue weighted by Gasteiger charge is -2.19. The molecule has 0 amide bonds. The van der Waals surface area contributed by atoms with Crippen LogP contribution in [0.4, 0.5) is 0 Å². The number of nitrogens with zero attached hydrogens (tertiary/aromatic N) is 2. The fourth-order valence-electron chi connectivity index (χ4n) is 3.22. The van der Waals surface area contributed by atoms with Gasteiger partial charge in [-0.1, -0.05) is 5.16 Å². The molecule has 1 heterocycles. The highest BCUT2D eigenvalue weighted by atomic mass is 32.2. The van der Waals surface area contributed by atoms with Gasteiger partial charge in [0.1, 0.15) is 5.76 Å². The van der Waals surface area contributed by atoms with Crippen LogP contribution in [0.5, 0.6) is 0 Å². The Bertz CT molecular complexity index is 927. The van der Waals surface area contributed by atoms with Crippen LogP contribution in [0.3, 0.4) is 0 Å². The first-order chi connectivity index (χ1) is 11.7. The van der Waals surface area contributed by atoms with E-state index in [4.69, 9.17) is 4.52 Å². The number of aromatic nitrogens is 1. The maximum Gasteiger partial charge on any atom is 0.335 e. The fourth-order valence-corrected chi connectivity index (χ4v) is 4.68. The molecule has 8 heteroatoms. The largest absolute Gasteiger partial charge is 0.478 e. The molecular formula is C17H20N2O5S. The Balaban J connectivity index is 2.04. The summed E-state index contributed by atoms with van der Waals surface area (Å²) in [7, 11) is -2.35. The summed E-state index contributed by atoms with van der Waals surface area (Å²) in [6, 6.07) is 2.85. The molecule has 0 unspecified atom stereocenters. The number of aromatic carboxylic acids is 1. The van der Waals surface area contributed by atoms with Crippen molar-refractivity contribution in [2.75, 3.05) is 7.05 Å². The minimum absolute atomic E-state index is 0.00460. The zero-order valence-electron chi connectivity index (χ0n) is 14.4. The zero-order chi connectivity index (χ0) is 18.4. The number of hydrogen-bond donors (Lipinski definition) is 1. The molecule has 1 aromatic carbocycles. The highest BCUT2D eigenvalue weighted by molar-refractivity contribution is 7.89. The van der Waals surface area contributed by atoms with Crippen LogP contribution in [0, 0.1) is 13.8 Å². The first-order valence-electron chi connectivity index (χ1n) is 7.99. The molecule has 0 spiro atoms. The first kappa shape index (κ1) is 17.6. The second-order valence-corrected chi connectivity index (χ2v) is 8.35. The van der Waals surface area contributed by atoms with Crippen molar-refractivity contribution in [1.29, 1.82) is 0 Å². The van der Waals surface area contributed by atoms with Crippen molar-refractivity contribution in [3.05, 3.63) is 45.8 Å². The average Bonchev–Trinajstić information content (AvgIpc) is 3.15. The van der Waals surface area contributed by atoms with Crippen LogP contribution >= 0.6 is 0 Å². The maximum absolute atomic E-state index is 13.1. The van der Waals surface area contributed by atoms with Gasteiger partial charge in [0.05, 0.1) is 16.2 Å². The molecule has 0 aliphatic heterocycles. The lowest BCUT2D eigenvalue weighted by atomic mass is 10.1. The Morgan fingerprint density at radius 2 is 2.04 bits per heavy atom. The number of carboxylic acid groups (broad SMARTS) is 1. The van der Waals surface area contributed by atoms with Crippen molar-refractivity contribution >= 4 is 16.0 Å². The minimum atomic E-state index is -3.83. The van der Waals surface area contributed by atoms with Gasteiger partial charge in [0.2, 0.25) is 10.0 Å². The monoisotopic (exact) mass is 364 g/mol. The molecule has 134 valence electrons. The van der Waals surface area contributed by atoms with Crippen LogP contribution in [0.15, 0.2) is 21.6 Å². The molecule has 0 radical (unpaired) electrons. The molecule has 0 fully saturated rings. The Hall–Kier alpha value is -2.19. The maximum atomic E-state index is 13.1. The van der Waals surface area contributed by atoms with Gasteiger partial charge in [0.25, 0.3) is 0 Å². The van der Waals surface area contributed by atoms with Crippen molar-refractivity contribution < 1.29 is 22.8 Å². The summed E-state index contributed by atoms with van der Waals surface area (Å²) in [5.41, 5.74) is 2.91. The van der Waals surface area contributed by atoms with Gasteiger partial charge in [-0.25, -0.2) is 13.2 Å². The number of fused-ring (bicyclic) bond motifs is 1. The van der Waals surface area contributed by atoms with Gasteiger partial charge >= 0.3 is 5.97 Å². The second-order valence-electron chi connectivity index (χ2n) is 6.33. The van der Waals surface area contributed by atoms with Gasteiger partial charge in [0, 0.05) is 19.2 Å². The average molecular weight is 364 g/mol. The molecule has 1 N–H and O–H groups in total. The molecular weight excluding hydrogens is 344 g/mol. The van der Waals surface area contributed by atoms with E-state index in [1.165, 1.54) is 17.4 Å². The number of carboxylic acids is 1. The summed E-state index contributed by atoms with van der Waals surface area (Å²) in [6.45, 7) is 3.61. The summed E-state index contributed by atoms with van der Waals surface area (Å²) in [6.07, 6.45) is 2.17. The molecule has 0 atom stereocenters. The van der Waals surface area contributed by atoms with E-state index in [9.17, 15) is 18.3 Å². The Kier molecular flexibility index (Phi) is 4.42. The number of benzene rings is 1. The van der Waals surface area contributed by atoms with E-state index in [0.717, 1.165) is 23.1 Å². The summed E-state index contributed by atoms with van der Waals surface area (Å²) < 4.78 is 32.5. The summed E-state index contributed by atoms with van der Waals surface area (Å²) in [4.78, 5) is 11.5. The van der Waals surface area contributed by atoms with E-state index >= 15 is 0 Å². The van der Waals surface area contributed by atoms with Gasteiger partial charge in [-0.3, -0.25) is 0 Å². The van der Waals surface area contributed by atoms with Crippen molar-refractivity contribution in [2.24, 2.45) is 0 Å². The lowest BCUT2D eigenvalue weighted by molar-refractivity contribution is 0.0696. The highest BCUT2D eigenvalue weighted by Crippen LogP contribution is 2.32. The van der Waals surface area contributed by atoms with E-state index in [-0.39, 0.29) is 17.0 Å². The van der Waals surface area contributed by atoms with Crippen LogP contribution in [0.2, 0.25) is 0 Å². The quantitative estimate of drug-likeness (QED) is 0.874. The fraction of sp³-hybridized carbons (Fsp3) is 0.412. The van der Waals surface area contributed by atoms with Gasteiger partial charge in [-0.05, 0) is 56.4 Å². The number of rotatable bonds is 5. The van der Waals surface area contributed by atoms with E-state index in [1.54, 1.807) is 19.9 Å². The van der Waals surface area contributed by atoms with Gasteiger partial charge < -0.3 is 9.63 Å². The molecule has 1 aliphatic carbocycles. The molecule has 2 aromatic rings. The van der Waals surface area contributed by atoms with Crippen LogP contribution in [-0.2, 0) is 29.4 Å². The van der Waals surface area contributed by atoms with E-state index in [2.05, 4.69) is 5.16 Å². The van der Waals surface area contributed by atoms with Crippen molar-refractivity contribution in [3.63, 3.8) is 0 Å². The smallest absolute Gasteiger partial charge is 0.335 e. The molecule has 1 aromatic heterocycles. The Labute approximate surface area is 146 Å². The number of aryl methyl sites for hydroxylation is 3. The van der Waals surface area contributed by atoms with Crippen LogP contribution in [0.1, 0.15) is 44.9 Å². The predicted molar refractivity (Wildman–Crippen MR) is 90.1 cm³/mol. The lowest BCUT2D eigenvalue weighted by Crippen LogP contribution is -2.28. The topological polar surface area (TPSA) is 101 Å². The van der Waals surface area contributed by atoms with Gasteiger partial charge in [-0.15, -0.1) is 0 Å². The summed E-state index contributed by atoms with van der Waals surface area (Å²) in [5.74, 6) is -0.552. The standard InChI is InChI=1S/C17H20N2O5S/c1-10-15(11(2)24-18-10)9-19(3)25(22,23)16-8-13(17(20)21)7-12-5-4-6-14(12)16/h7-8H,4-6,9H2,1-3H3,(H,20,21). The van der Waals surface area contributed by atoms with Crippen molar-refractivity contribution in [3.8, 4) is 0 Å². The third kappa shape index (κ3) is 3.07. The van der Waals surface area contributed by atoms with E-state index < -0.39 is 16.0 Å². The molecule has 0 bridgehead atoms.